The van der Waals surface area contributed by atoms with Crippen LogP contribution in [0.15, 0.2) is 34.2 Å². The summed E-state index contributed by atoms with van der Waals surface area (Å²) in [7, 11) is 0. The maximum atomic E-state index is 12.7. The van der Waals surface area contributed by atoms with Gasteiger partial charge >= 0.3 is 0 Å². The van der Waals surface area contributed by atoms with Gasteiger partial charge in [-0.1, -0.05) is 23.9 Å². The number of Topliss-reactive ketones (excluding diaryl/α,β-unsaturated/α-hetero) is 1. The van der Waals surface area contributed by atoms with Crippen molar-refractivity contribution >= 4 is 28.4 Å². The first kappa shape index (κ1) is 17.7. The van der Waals surface area contributed by atoms with Crippen LogP contribution >= 0.6 is 11.8 Å². The number of ether oxygens (including phenoxy) is 1. The van der Waals surface area contributed by atoms with E-state index in [-0.39, 0.29) is 17.4 Å². The van der Waals surface area contributed by atoms with Crippen molar-refractivity contribution in [1.29, 1.82) is 0 Å². The Kier molecular flexibility index (Phi) is 6.36. The molecule has 2 aromatic rings. The molecule has 0 saturated heterocycles. The van der Waals surface area contributed by atoms with Crippen molar-refractivity contribution in [2.75, 3.05) is 12.4 Å². The van der Waals surface area contributed by atoms with E-state index in [4.69, 9.17) is 4.74 Å². The van der Waals surface area contributed by atoms with E-state index in [1.807, 2.05) is 32.0 Å². The summed E-state index contributed by atoms with van der Waals surface area (Å²) in [6.07, 6.45) is 0.902. The molecule has 0 unspecified atom stereocenters. The third-order valence-corrected chi connectivity index (χ3v) is 4.33. The molecule has 0 bridgehead atoms. The fourth-order valence-electron chi connectivity index (χ4n) is 2.16. The second-order valence-electron chi connectivity index (χ2n) is 5.63. The van der Waals surface area contributed by atoms with Crippen LogP contribution in [0.1, 0.15) is 27.2 Å². The molecule has 0 radical (unpaired) electrons. The Hall–Kier alpha value is -1.66. The molecule has 0 amide bonds. The molecule has 0 fully saturated rings. The number of ketones is 1. The number of hydrogen-bond donors (Lipinski definition) is 0. The molecular weight excluding hydrogens is 312 g/mol. The molecule has 0 N–H and O–H groups in total. The van der Waals surface area contributed by atoms with E-state index in [0.29, 0.717) is 35.0 Å². The highest BCUT2D eigenvalue weighted by atomic mass is 32.2. The topological polar surface area (TPSA) is 61.2 Å². The molecular formula is C17H22N2O3S. The fourth-order valence-corrected chi connectivity index (χ4v) is 2.99. The van der Waals surface area contributed by atoms with Crippen LogP contribution in [-0.4, -0.2) is 33.8 Å². The van der Waals surface area contributed by atoms with Gasteiger partial charge in [-0.05, 0) is 39.3 Å². The Morgan fingerprint density at radius 1 is 1.35 bits per heavy atom. The van der Waals surface area contributed by atoms with Crippen molar-refractivity contribution in [1.82, 2.24) is 9.55 Å². The maximum absolute atomic E-state index is 12.7. The smallest absolute Gasteiger partial charge is 0.262 e. The van der Waals surface area contributed by atoms with Gasteiger partial charge in [0.1, 0.15) is 5.78 Å². The minimum absolute atomic E-state index is 0.0621. The number of carbonyl (C=O) groups excluding carboxylic acids is 1. The maximum Gasteiger partial charge on any atom is 0.262 e. The highest BCUT2D eigenvalue weighted by molar-refractivity contribution is 7.99. The first-order valence-corrected chi connectivity index (χ1v) is 8.71. The summed E-state index contributed by atoms with van der Waals surface area (Å²) in [4.78, 5) is 28.5. The van der Waals surface area contributed by atoms with Crippen LogP contribution in [0, 0.1) is 0 Å². The Bertz CT molecular complexity index is 740. The van der Waals surface area contributed by atoms with Gasteiger partial charge in [0.2, 0.25) is 0 Å². The molecule has 1 aromatic carbocycles. The second-order valence-corrected chi connectivity index (χ2v) is 6.57. The highest BCUT2D eigenvalue weighted by Gasteiger charge is 2.12. The van der Waals surface area contributed by atoms with Crippen LogP contribution in [0.4, 0.5) is 0 Å². The van der Waals surface area contributed by atoms with Crippen LogP contribution in [0.25, 0.3) is 10.9 Å². The van der Waals surface area contributed by atoms with Crippen molar-refractivity contribution in [2.24, 2.45) is 0 Å². The molecule has 0 atom stereocenters. The first-order valence-electron chi connectivity index (χ1n) is 7.72. The van der Waals surface area contributed by atoms with Gasteiger partial charge < -0.3 is 4.74 Å². The number of para-hydroxylation sites is 1. The van der Waals surface area contributed by atoms with E-state index in [9.17, 15) is 9.59 Å². The van der Waals surface area contributed by atoms with Crippen LogP contribution < -0.4 is 5.56 Å². The molecule has 2 rings (SSSR count). The summed E-state index contributed by atoms with van der Waals surface area (Å²) >= 11 is 1.31. The van der Waals surface area contributed by atoms with Crippen molar-refractivity contribution in [2.45, 2.75) is 45.0 Å². The minimum Gasteiger partial charge on any atom is -0.379 e. The predicted molar refractivity (Wildman–Crippen MR) is 93.1 cm³/mol. The van der Waals surface area contributed by atoms with Crippen molar-refractivity contribution < 1.29 is 9.53 Å². The summed E-state index contributed by atoms with van der Waals surface area (Å²) in [6.45, 7) is 6.63. The average Bonchev–Trinajstić information content (AvgIpc) is 2.51. The monoisotopic (exact) mass is 334 g/mol. The molecule has 5 nitrogen and oxygen atoms in total. The number of rotatable bonds is 8. The van der Waals surface area contributed by atoms with Crippen LogP contribution in [0.2, 0.25) is 0 Å². The van der Waals surface area contributed by atoms with Gasteiger partial charge in [-0.15, -0.1) is 0 Å². The molecule has 0 spiro atoms. The van der Waals surface area contributed by atoms with Gasteiger partial charge in [0.05, 0.1) is 22.8 Å². The Balaban J connectivity index is 2.29. The van der Waals surface area contributed by atoms with E-state index in [0.717, 1.165) is 6.42 Å². The molecule has 6 heteroatoms. The highest BCUT2D eigenvalue weighted by Crippen LogP contribution is 2.18. The van der Waals surface area contributed by atoms with Gasteiger partial charge in [-0.25, -0.2) is 4.98 Å². The lowest BCUT2D eigenvalue weighted by atomic mass is 10.2. The third kappa shape index (κ3) is 4.91. The van der Waals surface area contributed by atoms with Crippen molar-refractivity contribution in [3.63, 3.8) is 0 Å². The largest absolute Gasteiger partial charge is 0.379 e. The van der Waals surface area contributed by atoms with Gasteiger partial charge in [0, 0.05) is 13.2 Å². The molecule has 1 aromatic heterocycles. The molecule has 0 aliphatic carbocycles. The number of fused-ring (bicyclic) bond motifs is 1. The Morgan fingerprint density at radius 3 is 2.78 bits per heavy atom. The summed E-state index contributed by atoms with van der Waals surface area (Å²) in [5.74, 6) is 0.375. The molecule has 23 heavy (non-hydrogen) atoms. The molecule has 124 valence electrons. The normalized spacial score (nSPS) is 11.3. The average molecular weight is 334 g/mol. The summed E-state index contributed by atoms with van der Waals surface area (Å²) < 4.78 is 7.18. The number of hydrogen-bond acceptors (Lipinski definition) is 5. The van der Waals surface area contributed by atoms with Gasteiger partial charge in [-0.3, -0.25) is 14.2 Å². The van der Waals surface area contributed by atoms with E-state index in [1.165, 1.54) is 18.7 Å². The van der Waals surface area contributed by atoms with Crippen LogP contribution in [0.3, 0.4) is 0 Å². The quantitative estimate of drug-likeness (QED) is 0.422. The molecule has 0 aliphatic rings. The van der Waals surface area contributed by atoms with Crippen LogP contribution in [0.5, 0.6) is 0 Å². The second kappa shape index (κ2) is 8.26. The van der Waals surface area contributed by atoms with E-state index < -0.39 is 0 Å². The minimum atomic E-state index is -0.0637. The Morgan fingerprint density at radius 2 is 2.09 bits per heavy atom. The molecule has 0 saturated carbocycles. The number of benzene rings is 1. The lowest BCUT2D eigenvalue weighted by Gasteiger charge is -2.13. The summed E-state index contributed by atoms with van der Waals surface area (Å²) in [5, 5.41) is 1.19. The zero-order chi connectivity index (χ0) is 16.8. The SMILES string of the molecule is CC(=O)CSc1nc2ccccc2c(=O)n1CCCOC(C)C. The van der Waals surface area contributed by atoms with Gasteiger partial charge in [0.25, 0.3) is 5.56 Å². The van der Waals surface area contributed by atoms with Crippen molar-refractivity contribution in [3.05, 3.63) is 34.6 Å². The van der Waals surface area contributed by atoms with Gasteiger partial charge in [-0.2, -0.15) is 0 Å². The number of carbonyl (C=O) groups is 1. The predicted octanol–water partition coefficient (Wildman–Crippen LogP) is 2.89. The zero-order valence-corrected chi connectivity index (χ0v) is 14.6. The molecule has 1 heterocycles. The standard InChI is InChI=1S/C17H22N2O3S/c1-12(2)22-10-6-9-19-16(21)14-7-4-5-8-15(14)18-17(19)23-11-13(3)20/h4-5,7-8,12H,6,9-11H2,1-3H3. The Labute approximate surface area is 140 Å². The fraction of sp³-hybridized carbons (Fsp3) is 0.471. The lowest BCUT2D eigenvalue weighted by Crippen LogP contribution is -2.24. The number of nitrogens with zero attached hydrogens (tertiary/aromatic N) is 2. The number of aromatic nitrogens is 2. The van der Waals surface area contributed by atoms with Crippen LogP contribution in [-0.2, 0) is 16.1 Å². The zero-order valence-electron chi connectivity index (χ0n) is 13.7. The third-order valence-electron chi connectivity index (χ3n) is 3.21. The first-order chi connectivity index (χ1) is 11.0. The number of thioether (sulfide) groups is 1. The molecule has 0 aliphatic heterocycles. The van der Waals surface area contributed by atoms with E-state index >= 15 is 0 Å². The van der Waals surface area contributed by atoms with E-state index in [2.05, 4.69) is 4.98 Å². The van der Waals surface area contributed by atoms with Crippen molar-refractivity contribution in [3.8, 4) is 0 Å². The summed E-state index contributed by atoms with van der Waals surface area (Å²) in [6, 6.07) is 7.29. The lowest BCUT2D eigenvalue weighted by molar-refractivity contribution is -0.114. The van der Waals surface area contributed by atoms with Gasteiger partial charge in [0.15, 0.2) is 5.16 Å². The van der Waals surface area contributed by atoms with E-state index in [1.54, 1.807) is 10.6 Å². The summed E-state index contributed by atoms with van der Waals surface area (Å²) in [5.41, 5.74) is 0.601.